The van der Waals surface area contributed by atoms with Crippen molar-refractivity contribution in [2.45, 2.75) is 50.2 Å². The summed E-state index contributed by atoms with van der Waals surface area (Å²) in [4.78, 5) is 15.1. The second-order valence-corrected chi connectivity index (χ2v) is 9.93. The Morgan fingerprint density at radius 2 is 2.24 bits per heavy atom. The molecule has 29 heavy (non-hydrogen) atoms. The van der Waals surface area contributed by atoms with E-state index in [2.05, 4.69) is 33.0 Å². The number of carbonyl (C=O) groups is 1. The second-order valence-electron chi connectivity index (χ2n) is 6.85. The number of rotatable bonds is 7. The third kappa shape index (κ3) is 4.89. The quantitative estimate of drug-likeness (QED) is 0.429. The van der Waals surface area contributed by atoms with Gasteiger partial charge in [-0.2, -0.15) is 5.26 Å². The minimum atomic E-state index is -0.115. The van der Waals surface area contributed by atoms with E-state index in [-0.39, 0.29) is 11.7 Å². The van der Waals surface area contributed by atoms with Crippen molar-refractivity contribution in [1.82, 2.24) is 14.8 Å². The van der Waals surface area contributed by atoms with Gasteiger partial charge in [0.25, 0.3) is 0 Å². The molecule has 9 heteroatoms. The fourth-order valence-corrected chi connectivity index (χ4v) is 6.13. The molecule has 0 saturated heterocycles. The molecule has 0 spiro atoms. The average Bonchev–Trinajstić information content (AvgIpc) is 3.42. The summed E-state index contributed by atoms with van der Waals surface area (Å²) in [6.45, 7) is 0.785. The zero-order chi connectivity index (χ0) is 20.1. The Bertz CT molecular complexity index is 1020. The van der Waals surface area contributed by atoms with E-state index in [1.165, 1.54) is 27.9 Å². The van der Waals surface area contributed by atoms with Gasteiger partial charge in [-0.05, 0) is 49.1 Å². The Hall–Kier alpha value is -2.15. The molecular weight excluding hydrogens is 422 g/mol. The molecule has 150 valence electrons. The first kappa shape index (κ1) is 20.1. The average molecular weight is 444 g/mol. The van der Waals surface area contributed by atoms with Crippen molar-refractivity contribution in [3.63, 3.8) is 0 Å². The lowest BCUT2D eigenvalue weighted by Gasteiger charge is -2.06. The van der Waals surface area contributed by atoms with E-state index in [9.17, 15) is 10.1 Å². The third-order valence-corrected chi connectivity index (χ3v) is 8.00. The standard InChI is InChI=1S/C20H21N5OS3/c21-11-16-15-6-2-1-3-7-17(15)29-19(16)23-18(26)12-28-20-24-22-13-25(20)9-8-14-5-4-10-27-14/h4-5,10,13H,1-3,6-9,12H2,(H,23,26). The van der Waals surface area contributed by atoms with Gasteiger partial charge in [-0.3, -0.25) is 4.79 Å². The molecule has 0 aromatic carbocycles. The molecule has 6 nitrogen and oxygen atoms in total. The number of hydrogen-bond donors (Lipinski definition) is 1. The maximum atomic E-state index is 12.5. The van der Waals surface area contributed by atoms with E-state index < -0.39 is 0 Å². The predicted molar refractivity (Wildman–Crippen MR) is 118 cm³/mol. The highest BCUT2D eigenvalue weighted by molar-refractivity contribution is 7.99. The number of nitriles is 1. The molecule has 0 radical (unpaired) electrons. The van der Waals surface area contributed by atoms with Crippen LogP contribution in [-0.4, -0.2) is 26.4 Å². The van der Waals surface area contributed by atoms with E-state index in [0.29, 0.717) is 10.6 Å². The number of carbonyl (C=O) groups excluding carboxylic acids is 1. The van der Waals surface area contributed by atoms with E-state index >= 15 is 0 Å². The number of hydrogen-bond acceptors (Lipinski definition) is 7. The summed E-state index contributed by atoms with van der Waals surface area (Å²) in [5.41, 5.74) is 1.80. The molecule has 4 rings (SSSR count). The Labute approximate surface area is 182 Å². The van der Waals surface area contributed by atoms with Gasteiger partial charge < -0.3 is 9.88 Å². The molecule has 3 aromatic rings. The van der Waals surface area contributed by atoms with Crippen molar-refractivity contribution >= 4 is 45.3 Å². The SMILES string of the molecule is N#Cc1c(NC(=O)CSc2nncn2CCc2cccs2)sc2c1CCCCC2. The first-order chi connectivity index (χ1) is 14.2. The van der Waals surface area contributed by atoms with Crippen LogP contribution in [0.1, 0.15) is 40.1 Å². The van der Waals surface area contributed by atoms with Crippen molar-refractivity contribution in [3.8, 4) is 6.07 Å². The highest BCUT2D eigenvalue weighted by Crippen LogP contribution is 2.37. The van der Waals surface area contributed by atoms with Crippen LogP contribution in [-0.2, 0) is 30.6 Å². The van der Waals surface area contributed by atoms with Crippen LogP contribution in [0, 0.1) is 11.3 Å². The van der Waals surface area contributed by atoms with Crippen LogP contribution in [0.2, 0.25) is 0 Å². The van der Waals surface area contributed by atoms with Gasteiger partial charge in [0.2, 0.25) is 5.91 Å². The van der Waals surface area contributed by atoms with Crippen LogP contribution >= 0.6 is 34.4 Å². The lowest BCUT2D eigenvalue weighted by molar-refractivity contribution is -0.113. The molecule has 1 N–H and O–H groups in total. The molecule has 1 amide bonds. The van der Waals surface area contributed by atoms with Gasteiger partial charge in [0.15, 0.2) is 5.16 Å². The lowest BCUT2D eigenvalue weighted by atomic mass is 10.1. The van der Waals surface area contributed by atoms with Crippen molar-refractivity contribution in [2.24, 2.45) is 0 Å². The fraction of sp³-hybridized carbons (Fsp3) is 0.400. The fourth-order valence-electron chi connectivity index (χ4n) is 3.44. The summed E-state index contributed by atoms with van der Waals surface area (Å²) in [6, 6.07) is 6.47. The highest BCUT2D eigenvalue weighted by atomic mass is 32.2. The van der Waals surface area contributed by atoms with Crippen molar-refractivity contribution in [1.29, 1.82) is 5.26 Å². The number of anilines is 1. The largest absolute Gasteiger partial charge is 0.316 e. The molecule has 3 heterocycles. The predicted octanol–water partition coefficient (Wildman–Crippen LogP) is 4.52. The van der Waals surface area contributed by atoms with Gasteiger partial charge in [-0.25, -0.2) is 0 Å². The van der Waals surface area contributed by atoms with Gasteiger partial charge in [0.05, 0.1) is 11.3 Å². The zero-order valence-electron chi connectivity index (χ0n) is 15.9. The Kier molecular flexibility index (Phi) is 6.64. The maximum Gasteiger partial charge on any atom is 0.235 e. The molecule has 0 fully saturated rings. The minimum absolute atomic E-state index is 0.115. The van der Waals surface area contributed by atoms with E-state index in [1.54, 1.807) is 29.0 Å². The Morgan fingerprint density at radius 1 is 1.34 bits per heavy atom. The number of thiophene rings is 2. The summed E-state index contributed by atoms with van der Waals surface area (Å²) in [5.74, 6) is 0.126. The maximum absolute atomic E-state index is 12.5. The molecule has 3 aromatic heterocycles. The molecular formula is C20H21N5OS3. The molecule has 0 aliphatic heterocycles. The molecule has 0 unspecified atom stereocenters. The first-order valence-corrected chi connectivity index (χ1v) is 12.3. The topological polar surface area (TPSA) is 83.6 Å². The van der Waals surface area contributed by atoms with Gasteiger partial charge in [-0.15, -0.1) is 32.9 Å². The van der Waals surface area contributed by atoms with Crippen molar-refractivity contribution in [3.05, 3.63) is 44.7 Å². The van der Waals surface area contributed by atoms with Crippen LogP contribution in [0.4, 0.5) is 5.00 Å². The Morgan fingerprint density at radius 3 is 3.07 bits per heavy atom. The monoisotopic (exact) mass is 443 g/mol. The smallest absolute Gasteiger partial charge is 0.235 e. The number of aryl methyl sites for hydroxylation is 3. The summed E-state index contributed by atoms with van der Waals surface area (Å²) in [7, 11) is 0. The third-order valence-electron chi connectivity index (χ3n) is 4.88. The highest BCUT2D eigenvalue weighted by Gasteiger charge is 2.21. The lowest BCUT2D eigenvalue weighted by Crippen LogP contribution is -2.14. The van der Waals surface area contributed by atoms with Crippen LogP contribution in [0.15, 0.2) is 29.0 Å². The molecule has 0 bridgehead atoms. The summed E-state index contributed by atoms with van der Waals surface area (Å²) >= 11 is 4.67. The van der Waals surface area contributed by atoms with Crippen molar-refractivity contribution in [2.75, 3.05) is 11.1 Å². The normalized spacial score (nSPS) is 13.5. The van der Waals surface area contributed by atoms with Gasteiger partial charge in [0, 0.05) is 16.3 Å². The zero-order valence-corrected chi connectivity index (χ0v) is 18.3. The van der Waals surface area contributed by atoms with Crippen LogP contribution in [0.25, 0.3) is 0 Å². The van der Waals surface area contributed by atoms with E-state index in [1.807, 2.05) is 10.6 Å². The van der Waals surface area contributed by atoms with Crippen molar-refractivity contribution < 1.29 is 4.79 Å². The second kappa shape index (κ2) is 9.57. The van der Waals surface area contributed by atoms with Gasteiger partial charge in [-0.1, -0.05) is 24.2 Å². The first-order valence-electron chi connectivity index (χ1n) is 9.62. The van der Waals surface area contributed by atoms with Gasteiger partial charge >= 0.3 is 0 Å². The summed E-state index contributed by atoms with van der Waals surface area (Å²) in [5, 5.41) is 24.2. The van der Waals surface area contributed by atoms with Crippen LogP contribution in [0.5, 0.6) is 0 Å². The van der Waals surface area contributed by atoms with Crippen LogP contribution < -0.4 is 5.32 Å². The van der Waals surface area contributed by atoms with Gasteiger partial charge in [0.1, 0.15) is 17.4 Å². The molecule has 0 saturated carbocycles. The Balaban J connectivity index is 1.35. The molecule has 1 aliphatic carbocycles. The number of nitrogens with one attached hydrogen (secondary N) is 1. The molecule has 1 aliphatic rings. The minimum Gasteiger partial charge on any atom is -0.316 e. The number of nitrogens with zero attached hydrogens (tertiary/aromatic N) is 4. The number of fused-ring (bicyclic) bond motifs is 1. The van der Waals surface area contributed by atoms with E-state index in [4.69, 9.17) is 0 Å². The number of aromatic nitrogens is 3. The summed E-state index contributed by atoms with van der Waals surface area (Å²) < 4.78 is 1.98. The number of amides is 1. The number of thioether (sulfide) groups is 1. The summed E-state index contributed by atoms with van der Waals surface area (Å²) in [6.07, 6.45) is 8.04. The molecule has 0 atom stereocenters. The van der Waals surface area contributed by atoms with Crippen LogP contribution in [0.3, 0.4) is 0 Å². The van der Waals surface area contributed by atoms with E-state index in [0.717, 1.165) is 49.4 Å².